The third-order valence-corrected chi connectivity index (χ3v) is 4.11. The van der Waals surface area contributed by atoms with Gasteiger partial charge in [0.1, 0.15) is 5.82 Å². The third-order valence-electron chi connectivity index (χ3n) is 3.67. The van der Waals surface area contributed by atoms with Crippen molar-refractivity contribution >= 4 is 27.7 Å². The van der Waals surface area contributed by atoms with Gasteiger partial charge in [-0.1, -0.05) is 13.8 Å². The maximum atomic E-state index is 12.8. The summed E-state index contributed by atoms with van der Waals surface area (Å²) in [7, 11) is 0. The fraction of sp³-hybridized carbons (Fsp3) is 0.600. The lowest BCUT2D eigenvalue weighted by molar-refractivity contribution is 0.0744. The summed E-state index contributed by atoms with van der Waals surface area (Å²) in [5.74, 6) is 1.34. The average molecular weight is 340 g/mol. The minimum absolute atomic E-state index is 0.0780. The van der Waals surface area contributed by atoms with Crippen LogP contribution in [0.3, 0.4) is 0 Å². The first-order chi connectivity index (χ1) is 9.52. The summed E-state index contributed by atoms with van der Waals surface area (Å²) in [5, 5.41) is 3.24. The topological polar surface area (TPSA) is 45.2 Å². The highest BCUT2D eigenvalue weighted by atomic mass is 79.9. The summed E-state index contributed by atoms with van der Waals surface area (Å²) in [6.45, 7) is 8.06. The van der Waals surface area contributed by atoms with Crippen LogP contribution in [0.15, 0.2) is 16.7 Å². The first-order valence-corrected chi connectivity index (χ1v) is 8.02. The van der Waals surface area contributed by atoms with Crippen LogP contribution in [0.25, 0.3) is 0 Å². The van der Waals surface area contributed by atoms with Crippen LogP contribution in [-0.4, -0.2) is 34.9 Å². The van der Waals surface area contributed by atoms with Crippen LogP contribution in [0.2, 0.25) is 0 Å². The van der Waals surface area contributed by atoms with E-state index in [4.69, 9.17) is 0 Å². The Balaban J connectivity index is 2.26. The molecule has 2 atom stereocenters. The molecule has 110 valence electrons. The standard InChI is InChI=1S/C15H22BrN3O/c1-4-5-17-14-13(7-12(16)8-18-14)15(20)19-9-10(2)6-11(19)3/h7-8,10-11H,4-6,9H2,1-3H3,(H,17,18). The van der Waals surface area contributed by atoms with Crippen LogP contribution in [-0.2, 0) is 0 Å². The molecule has 4 nitrogen and oxygen atoms in total. The zero-order valence-corrected chi connectivity index (χ0v) is 13.9. The van der Waals surface area contributed by atoms with Gasteiger partial charge in [-0.2, -0.15) is 0 Å². The van der Waals surface area contributed by atoms with Crippen molar-refractivity contribution in [2.45, 2.75) is 39.7 Å². The second-order valence-electron chi connectivity index (χ2n) is 5.62. The van der Waals surface area contributed by atoms with Gasteiger partial charge in [0, 0.05) is 29.8 Å². The number of rotatable bonds is 4. The molecule has 2 unspecified atom stereocenters. The lowest BCUT2D eigenvalue weighted by Gasteiger charge is -2.23. The van der Waals surface area contributed by atoms with Gasteiger partial charge in [0.25, 0.3) is 5.91 Å². The number of halogens is 1. The minimum atomic E-state index is 0.0780. The molecule has 2 rings (SSSR count). The van der Waals surface area contributed by atoms with E-state index in [1.54, 1.807) is 6.20 Å². The summed E-state index contributed by atoms with van der Waals surface area (Å²) in [6, 6.07) is 2.17. The number of nitrogens with zero attached hydrogens (tertiary/aromatic N) is 2. The Hall–Kier alpha value is -1.10. The van der Waals surface area contributed by atoms with Gasteiger partial charge in [-0.05, 0) is 47.7 Å². The van der Waals surface area contributed by atoms with Crippen molar-refractivity contribution in [2.24, 2.45) is 5.92 Å². The molecule has 1 saturated heterocycles. The number of carbonyl (C=O) groups excluding carboxylic acids is 1. The Morgan fingerprint density at radius 2 is 2.30 bits per heavy atom. The zero-order chi connectivity index (χ0) is 14.7. The number of amides is 1. The molecule has 0 aliphatic carbocycles. The summed E-state index contributed by atoms with van der Waals surface area (Å²) < 4.78 is 0.836. The lowest BCUT2D eigenvalue weighted by Crippen LogP contribution is -2.34. The number of nitrogens with one attached hydrogen (secondary N) is 1. The molecule has 0 aromatic carbocycles. The molecule has 1 aliphatic heterocycles. The number of aromatic nitrogens is 1. The number of pyridine rings is 1. The second-order valence-corrected chi connectivity index (χ2v) is 6.54. The van der Waals surface area contributed by atoms with E-state index in [2.05, 4.69) is 47.0 Å². The molecule has 0 spiro atoms. The molecular weight excluding hydrogens is 318 g/mol. The van der Waals surface area contributed by atoms with Gasteiger partial charge >= 0.3 is 0 Å². The summed E-state index contributed by atoms with van der Waals surface area (Å²) in [5.41, 5.74) is 0.661. The van der Waals surface area contributed by atoms with Crippen molar-refractivity contribution in [1.29, 1.82) is 0 Å². The largest absolute Gasteiger partial charge is 0.369 e. The van der Waals surface area contributed by atoms with Gasteiger partial charge in [0.05, 0.1) is 5.56 Å². The molecule has 0 bridgehead atoms. The Labute approximate surface area is 129 Å². The third kappa shape index (κ3) is 3.32. The highest BCUT2D eigenvalue weighted by molar-refractivity contribution is 9.10. The van der Waals surface area contributed by atoms with Gasteiger partial charge in [-0.15, -0.1) is 0 Å². The molecule has 1 aromatic heterocycles. The minimum Gasteiger partial charge on any atom is -0.369 e. The summed E-state index contributed by atoms with van der Waals surface area (Å²) >= 11 is 3.41. The number of hydrogen-bond donors (Lipinski definition) is 1. The van der Waals surface area contributed by atoms with Crippen molar-refractivity contribution in [3.8, 4) is 0 Å². The Morgan fingerprint density at radius 1 is 1.55 bits per heavy atom. The van der Waals surface area contributed by atoms with Crippen LogP contribution >= 0.6 is 15.9 Å². The fourth-order valence-electron chi connectivity index (χ4n) is 2.72. The van der Waals surface area contributed by atoms with E-state index in [0.29, 0.717) is 23.3 Å². The van der Waals surface area contributed by atoms with Crippen LogP contribution in [0, 0.1) is 5.92 Å². The van der Waals surface area contributed by atoms with Gasteiger partial charge in [0.15, 0.2) is 0 Å². The fourth-order valence-corrected chi connectivity index (χ4v) is 3.06. The van der Waals surface area contributed by atoms with Crippen LogP contribution in [0.5, 0.6) is 0 Å². The molecule has 0 radical (unpaired) electrons. The smallest absolute Gasteiger partial charge is 0.257 e. The van der Waals surface area contributed by atoms with Crippen LogP contribution < -0.4 is 5.32 Å². The molecule has 1 amide bonds. The molecule has 1 aromatic rings. The molecule has 5 heteroatoms. The predicted molar refractivity (Wildman–Crippen MR) is 85.0 cm³/mol. The quantitative estimate of drug-likeness (QED) is 0.912. The van der Waals surface area contributed by atoms with Crippen molar-refractivity contribution in [1.82, 2.24) is 9.88 Å². The van der Waals surface area contributed by atoms with Crippen LogP contribution in [0.4, 0.5) is 5.82 Å². The van der Waals surface area contributed by atoms with E-state index in [1.807, 2.05) is 11.0 Å². The van der Waals surface area contributed by atoms with Crippen LogP contribution in [0.1, 0.15) is 44.0 Å². The van der Waals surface area contributed by atoms with E-state index >= 15 is 0 Å². The Kier molecular flexibility index (Phi) is 5.02. The predicted octanol–water partition coefficient (Wildman–Crippen LogP) is 3.54. The second kappa shape index (κ2) is 6.57. The first kappa shape index (κ1) is 15.3. The van der Waals surface area contributed by atoms with Gasteiger partial charge in [-0.3, -0.25) is 4.79 Å². The highest BCUT2D eigenvalue weighted by Gasteiger charge is 2.31. The maximum Gasteiger partial charge on any atom is 0.257 e. The molecule has 1 fully saturated rings. The zero-order valence-electron chi connectivity index (χ0n) is 12.3. The highest BCUT2D eigenvalue weighted by Crippen LogP contribution is 2.27. The SMILES string of the molecule is CCCNc1ncc(Br)cc1C(=O)N1CC(C)CC1C. The monoisotopic (exact) mass is 339 g/mol. The number of likely N-dealkylation sites (tertiary alicyclic amines) is 1. The number of hydrogen-bond acceptors (Lipinski definition) is 3. The molecular formula is C15H22BrN3O. The van der Waals surface area contributed by atoms with Gasteiger partial charge in [0.2, 0.25) is 0 Å². The van der Waals surface area contributed by atoms with Gasteiger partial charge < -0.3 is 10.2 Å². The van der Waals surface area contributed by atoms with E-state index in [9.17, 15) is 4.79 Å². The molecule has 2 heterocycles. The average Bonchev–Trinajstić information content (AvgIpc) is 2.75. The molecule has 0 saturated carbocycles. The number of carbonyl (C=O) groups is 1. The number of anilines is 1. The molecule has 20 heavy (non-hydrogen) atoms. The van der Waals surface area contributed by atoms with E-state index < -0.39 is 0 Å². The molecule has 1 aliphatic rings. The normalized spacial score (nSPS) is 22.1. The Morgan fingerprint density at radius 3 is 2.90 bits per heavy atom. The first-order valence-electron chi connectivity index (χ1n) is 7.23. The van der Waals surface area contributed by atoms with Crippen molar-refractivity contribution in [3.05, 3.63) is 22.3 Å². The summed E-state index contributed by atoms with van der Waals surface area (Å²) in [4.78, 5) is 19.1. The summed E-state index contributed by atoms with van der Waals surface area (Å²) in [6.07, 6.45) is 3.80. The van der Waals surface area contributed by atoms with Crippen molar-refractivity contribution in [2.75, 3.05) is 18.4 Å². The van der Waals surface area contributed by atoms with Gasteiger partial charge in [-0.25, -0.2) is 4.98 Å². The van der Waals surface area contributed by atoms with Crippen molar-refractivity contribution < 1.29 is 4.79 Å². The maximum absolute atomic E-state index is 12.8. The van der Waals surface area contributed by atoms with E-state index in [-0.39, 0.29) is 5.91 Å². The lowest BCUT2D eigenvalue weighted by atomic mass is 10.1. The Bertz CT molecular complexity index is 492. The van der Waals surface area contributed by atoms with E-state index in [1.165, 1.54) is 0 Å². The molecule has 1 N–H and O–H groups in total. The van der Waals surface area contributed by atoms with Crippen molar-refractivity contribution in [3.63, 3.8) is 0 Å². The van der Waals surface area contributed by atoms with E-state index in [0.717, 1.165) is 30.4 Å².